The van der Waals surface area contributed by atoms with Crippen molar-refractivity contribution in [3.8, 4) is 0 Å². The van der Waals surface area contributed by atoms with Gasteiger partial charge < -0.3 is 4.74 Å². The van der Waals surface area contributed by atoms with E-state index in [0.29, 0.717) is 12.4 Å². The SMILES string of the molecule is CCCCCCCCCC(CCCC)C(OC=O)c1ccccc1. The van der Waals surface area contributed by atoms with Crippen molar-refractivity contribution < 1.29 is 9.53 Å². The van der Waals surface area contributed by atoms with Crippen molar-refractivity contribution in [1.29, 1.82) is 0 Å². The summed E-state index contributed by atoms with van der Waals surface area (Å²) in [6.45, 7) is 5.11. The van der Waals surface area contributed by atoms with E-state index in [-0.39, 0.29) is 6.10 Å². The number of carbonyl (C=O) groups excluding carboxylic acids is 1. The minimum absolute atomic E-state index is 0.0876. The van der Waals surface area contributed by atoms with Crippen molar-refractivity contribution in [2.45, 2.75) is 90.6 Å². The Morgan fingerprint density at radius 1 is 0.833 bits per heavy atom. The maximum absolute atomic E-state index is 11.0. The van der Waals surface area contributed by atoms with Crippen LogP contribution >= 0.6 is 0 Å². The summed E-state index contributed by atoms with van der Waals surface area (Å²) in [6, 6.07) is 10.2. The average Bonchev–Trinajstić information content (AvgIpc) is 2.62. The minimum atomic E-state index is -0.0876. The van der Waals surface area contributed by atoms with Crippen LogP contribution in [0.15, 0.2) is 30.3 Å². The van der Waals surface area contributed by atoms with E-state index in [2.05, 4.69) is 26.0 Å². The molecular formula is C22H36O2. The van der Waals surface area contributed by atoms with Crippen LogP contribution < -0.4 is 0 Å². The largest absolute Gasteiger partial charge is 0.459 e. The molecule has 0 aliphatic carbocycles. The van der Waals surface area contributed by atoms with E-state index >= 15 is 0 Å². The van der Waals surface area contributed by atoms with E-state index in [1.54, 1.807) is 0 Å². The predicted molar refractivity (Wildman–Crippen MR) is 102 cm³/mol. The molecule has 24 heavy (non-hydrogen) atoms. The van der Waals surface area contributed by atoms with Crippen LogP contribution in [0.5, 0.6) is 0 Å². The third-order valence-corrected chi connectivity index (χ3v) is 4.87. The molecule has 0 aliphatic rings. The summed E-state index contributed by atoms with van der Waals surface area (Å²) in [7, 11) is 0. The number of rotatable bonds is 15. The van der Waals surface area contributed by atoms with Crippen LogP contribution in [0.3, 0.4) is 0 Å². The fourth-order valence-corrected chi connectivity index (χ4v) is 3.44. The maximum atomic E-state index is 11.0. The minimum Gasteiger partial charge on any atom is -0.459 e. The number of carbonyl (C=O) groups is 1. The number of hydrogen-bond acceptors (Lipinski definition) is 2. The summed E-state index contributed by atoms with van der Waals surface area (Å²) >= 11 is 0. The first-order valence-corrected chi connectivity index (χ1v) is 9.97. The number of benzene rings is 1. The van der Waals surface area contributed by atoms with Crippen LogP contribution in [0, 0.1) is 5.92 Å². The molecule has 0 radical (unpaired) electrons. The standard InChI is InChI=1S/C22H36O2/c1-3-5-7-8-9-10-12-16-20(15-6-4-2)22(24-19-23)21-17-13-11-14-18-21/h11,13-14,17-20,22H,3-10,12,15-16H2,1-2H3. The molecule has 0 saturated carbocycles. The monoisotopic (exact) mass is 332 g/mol. The Morgan fingerprint density at radius 3 is 2.04 bits per heavy atom. The fourth-order valence-electron chi connectivity index (χ4n) is 3.44. The zero-order valence-corrected chi connectivity index (χ0v) is 15.7. The average molecular weight is 333 g/mol. The number of unbranched alkanes of at least 4 members (excludes halogenated alkanes) is 7. The molecular weight excluding hydrogens is 296 g/mol. The fraction of sp³-hybridized carbons (Fsp3) is 0.682. The van der Waals surface area contributed by atoms with E-state index < -0.39 is 0 Å². The Bertz CT molecular complexity index is 402. The second-order valence-corrected chi connectivity index (χ2v) is 6.88. The van der Waals surface area contributed by atoms with Gasteiger partial charge in [-0.05, 0) is 18.4 Å². The molecule has 2 unspecified atom stereocenters. The molecule has 0 saturated heterocycles. The zero-order valence-electron chi connectivity index (χ0n) is 15.7. The summed E-state index contributed by atoms with van der Waals surface area (Å²) in [5.41, 5.74) is 1.13. The molecule has 2 heteroatoms. The molecule has 1 aromatic carbocycles. The van der Waals surface area contributed by atoms with Gasteiger partial charge in [0.1, 0.15) is 6.10 Å². The third-order valence-electron chi connectivity index (χ3n) is 4.87. The second kappa shape index (κ2) is 14.1. The highest BCUT2D eigenvalue weighted by Crippen LogP contribution is 2.33. The summed E-state index contributed by atoms with van der Waals surface area (Å²) < 4.78 is 5.52. The Labute approximate surface area is 149 Å². The van der Waals surface area contributed by atoms with Gasteiger partial charge in [-0.2, -0.15) is 0 Å². The Kier molecular flexibility index (Phi) is 12.2. The molecule has 0 aliphatic heterocycles. The van der Waals surface area contributed by atoms with Crippen molar-refractivity contribution in [3.05, 3.63) is 35.9 Å². The third kappa shape index (κ3) is 8.52. The van der Waals surface area contributed by atoms with E-state index in [9.17, 15) is 4.79 Å². The van der Waals surface area contributed by atoms with Gasteiger partial charge in [-0.15, -0.1) is 0 Å². The highest BCUT2D eigenvalue weighted by Gasteiger charge is 2.23. The van der Waals surface area contributed by atoms with Crippen LogP contribution in [0.2, 0.25) is 0 Å². The smallest absolute Gasteiger partial charge is 0.293 e. The van der Waals surface area contributed by atoms with Crippen LogP contribution in [-0.2, 0) is 9.53 Å². The van der Waals surface area contributed by atoms with Gasteiger partial charge >= 0.3 is 0 Å². The van der Waals surface area contributed by atoms with Crippen molar-refractivity contribution >= 4 is 6.47 Å². The van der Waals surface area contributed by atoms with E-state index in [0.717, 1.165) is 18.4 Å². The summed E-state index contributed by atoms with van der Waals surface area (Å²) in [6.07, 6.45) is 13.9. The lowest BCUT2D eigenvalue weighted by Crippen LogP contribution is -2.16. The first-order valence-electron chi connectivity index (χ1n) is 9.97. The molecule has 0 heterocycles. The van der Waals surface area contributed by atoms with Crippen molar-refractivity contribution in [3.63, 3.8) is 0 Å². The first kappa shape index (κ1) is 20.7. The van der Waals surface area contributed by atoms with Crippen molar-refractivity contribution in [1.82, 2.24) is 0 Å². The van der Waals surface area contributed by atoms with Crippen LogP contribution in [0.25, 0.3) is 0 Å². The van der Waals surface area contributed by atoms with Gasteiger partial charge in [-0.25, -0.2) is 0 Å². The lowest BCUT2D eigenvalue weighted by atomic mass is 9.86. The molecule has 136 valence electrons. The van der Waals surface area contributed by atoms with Crippen molar-refractivity contribution in [2.75, 3.05) is 0 Å². The zero-order chi connectivity index (χ0) is 17.5. The molecule has 0 bridgehead atoms. The van der Waals surface area contributed by atoms with Gasteiger partial charge in [0, 0.05) is 5.92 Å². The summed E-state index contributed by atoms with van der Waals surface area (Å²) in [4.78, 5) is 11.0. The van der Waals surface area contributed by atoms with E-state index in [1.807, 2.05) is 18.2 Å². The topological polar surface area (TPSA) is 26.3 Å². The van der Waals surface area contributed by atoms with Crippen LogP contribution in [0.1, 0.15) is 96.1 Å². The van der Waals surface area contributed by atoms with Crippen LogP contribution in [0.4, 0.5) is 0 Å². The van der Waals surface area contributed by atoms with E-state index in [4.69, 9.17) is 4.74 Å². The molecule has 1 rings (SSSR count). The number of hydrogen-bond donors (Lipinski definition) is 0. The van der Waals surface area contributed by atoms with Gasteiger partial charge in [0.2, 0.25) is 0 Å². The lowest BCUT2D eigenvalue weighted by molar-refractivity contribution is -0.137. The van der Waals surface area contributed by atoms with Gasteiger partial charge in [-0.3, -0.25) is 4.79 Å². The van der Waals surface area contributed by atoms with Gasteiger partial charge in [0.05, 0.1) is 0 Å². The molecule has 0 fully saturated rings. The first-order chi connectivity index (χ1) is 11.8. The van der Waals surface area contributed by atoms with Gasteiger partial charge in [0.25, 0.3) is 6.47 Å². The molecule has 0 amide bonds. The van der Waals surface area contributed by atoms with Gasteiger partial charge in [0.15, 0.2) is 0 Å². The Balaban J connectivity index is 2.52. The maximum Gasteiger partial charge on any atom is 0.293 e. The van der Waals surface area contributed by atoms with Gasteiger partial charge in [-0.1, -0.05) is 102 Å². The normalized spacial score (nSPS) is 13.4. The number of ether oxygens (including phenoxy) is 1. The quantitative estimate of drug-likeness (QED) is 0.259. The Hall–Kier alpha value is -1.31. The lowest BCUT2D eigenvalue weighted by Gasteiger charge is -2.26. The predicted octanol–water partition coefficient (Wildman–Crippen LogP) is 6.85. The summed E-state index contributed by atoms with van der Waals surface area (Å²) in [5.74, 6) is 0.438. The summed E-state index contributed by atoms with van der Waals surface area (Å²) in [5, 5.41) is 0. The highest BCUT2D eigenvalue weighted by atomic mass is 16.5. The van der Waals surface area contributed by atoms with E-state index in [1.165, 1.54) is 57.8 Å². The molecule has 2 atom stereocenters. The molecule has 0 aromatic heterocycles. The van der Waals surface area contributed by atoms with Crippen molar-refractivity contribution in [2.24, 2.45) is 5.92 Å². The molecule has 2 nitrogen and oxygen atoms in total. The van der Waals surface area contributed by atoms with Crippen LogP contribution in [-0.4, -0.2) is 6.47 Å². The molecule has 0 N–H and O–H groups in total. The second-order valence-electron chi connectivity index (χ2n) is 6.88. The Morgan fingerprint density at radius 2 is 1.42 bits per heavy atom. The molecule has 1 aromatic rings. The molecule has 0 spiro atoms. The highest BCUT2D eigenvalue weighted by molar-refractivity contribution is 5.38.